The van der Waals surface area contributed by atoms with Crippen molar-refractivity contribution in [1.29, 1.82) is 0 Å². The van der Waals surface area contributed by atoms with Crippen molar-refractivity contribution in [2.45, 2.75) is 12.5 Å². The van der Waals surface area contributed by atoms with Crippen LogP contribution in [0.25, 0.3) is 0 Å². The molecule has 0 spiro atoms. The molecule has 1 fully saturated rings. The molecule has 2 N–H and O–H groups in total. The summed E-state index contributed by atoms with van der Waals surface area (Å²) in [6.45, 7) is 0. The molecule has 2 heteroatoms. The topological polar surface area (TPSA) is 26.0 Å². The number of hydrogen-bond donors (Lipinski definition) is 1. The van der Waals surface area contributed by atoms with Crippen molar-refractivity contribution in [3.05, 3.63) is 0 Å². The van der Waals surface area contributed by atoms with Crippen LogP contribution in [0.4, 0.5) is 0 Å². The predicted molar refractivity (Wildman–Crippen MR) is 29.9 cm³/mol. The fourth-order valence-corrected chi connectivity index (χ4v) is 1.66. The van der Waals surface area contributed by atoms with Crippen LogP contribution in [-0.4, -0.2) is 17.5 Å². The van der Waals surface area contributed by atoms with Crippen molar-refractivity contribution in [2.24, 2.45) is 5.73 Å². The summed E-state index contributed by atoms with van der Waals surface area (Å²) in [5.74, 6) is 2.46. The standard InChI is InChI=1S/C4H9NS/c5-4-1-2-6-3-4/h4H,1-3,5H2/t4-/m1/s1. The van der Waals surface area contributed by atoms with E-state index in [0.29, 0.717) is 6.04 Å². The number of nitrogens with two attached hydrogens (primary N) is 1. The van der Waals surface area contributed by atoms with Gasteiger partial charge in [-0.05, 0) is 12.2 Å². The minimum absolute atomic E-state index is 0.509. The maximum atomic E-state index is 5.51. The van der Waals surface area contributed by atoms with Crippen molar-refractivity contribution in [3.8, 4) is 0 Å². The molecule has 0 saturated carbocycles. The van der Waals surface area contributed by atoms with Crippen molar-refractivity contribution < 1.29 is 0 Å². The molecule has 6 heavy (non-hydrogen) atoms. The maximum absolute atomic E-state index is 5.51. The Balaban J connectivity index is 2.18. The molecule has 0 aromatic rings. The zero-order chi connectivity index (χ0) is 4.41. The summed E-state index contributed by atoms with van der Waals surface area (Å²) in [5.41, 5.74) is 5.51. The monoisotopic (exact) mass is 103 g/mol. The van der Waals surface area contributed by atoms with E-state index in [-0.39, 0.29) is 0 Å². The average molecular weight is 103 g/mol. The van der Waals surface area contributed by atoms with E-state index in [0.717, 1.165) is 0 Å². The highest BCUT2D eigenvalue weighted by molar-refractivity contribution is 7.99. The lowest BCUT2D eigenvalue weighted by Crippen LogP contribution is -2.17. The highest BCUT2D eigenvalue weighted by Crippen LogP contribution is 2.14. The first-order valence-electron chi connectivity index (χ1n) is 2.23. The van der Waals surface area contributed by atoms with Crippen LogP contribution in [0.2, 0.25) is 0 Å². The first kappa shape index (κ1) is 4.47. The van der Waals surface area contributed by atoms with E-state index >= 15 is 0 Å². The second-order valence-electron chi connectivity index (χ2n) is 1.62. The number of thioether (sulfide) groups is 1. The molecule has 0 bridgehead atoms. The minimum Gasteiger partial charge on any atom is -0.327 e. The molecule has 0 aromatic carbocycles. The first-order valence-corrected chi connectivity index (χ1v) is 3.38. The van der Waals surface area contributed by atoms with Gasteiger partial charge in [0.15, 0.2) is 0 Å². The summed E-state index contributed by atoms with van der Waals surface area (Å²) in [6.07, 6.45) is 1.23. The first-order chi connectivity index (χ1) is 2.89. The van der Waals surface area contributed by atoms with Gasteiger partial charge in [-0.1, -0.05) is 0 Å². The molecular formula is C4H9NS. The van der Waals surface area contributed by atoms with Crippen LogP contribution >= 0.6 is 11.8 Å². The fraction of sp³-hybridized carbons (Fsp3) is 1.00. The van der Waals surface area contributed by atoms with Crippen LogP contribution in [0.3, 0.4) is 0 Å². The summed E-state index contributed by atoms with van der Waals surface area (Å²) < 4.78 is 0. The van der Waals surface area contributed by atoms with Gasteiger partial charge < -0.3 is 5.73 Å². The SMILES string of the molecule is N[C@@H]1CCSC1. The van der Waals surface area contributed by atoms with Crippen molar-refractivity contribution in [2.75, 3.05) is 11.5 Å². The lowest BCUT2D eigenvalue weighted by atomic mass is 10.3. The Morgan fingerprint density at radius 3 is 2.67 bits per heavy atom. The molecule has 1 saturated heterocycles. The quantitative estimate of drug-likeness (QED) is 0.481. The maximum Gasteiger partial charge on any atom is 0.0138 e. The van der Waals surface area contributed by atoms with Gasteiger partial charge in [-0.15, -0.1) is 0 Å². The Labute approximate surface area is 42.3 Å². The molecule has 36 valence electrons. The van der Waals surface area contributed by atoms with Gasteiger partial charge in [0.2, 0.25) is 0 Å². The van der Waals surface area contributed by atoms with Gasteiger partial charge in [0, 0.05) is 11.8 Å². The summed E-state index contributed by atoms with van der Waals surface area (Å²) in [5, 5.41) is 0. The fourth-order valence-electron chi connectivity index (χ4n) is 0.553. The summed E-state index contributed by atoms with van der Waals surface area (Å²) in [7, 11) is 0. The molecule has 0 radical (unpaired) electrons. The Morgan fingerprint density at radius 2 is 2.50 bits per heavy atom. The molecule has 0 aromatic heterocycles. The van der Waals surface area contributed by atoms with Gasteiger partial charge in [-0.2, -0.15) is 11.8 Å². The Bertz CT molecular complexity index is 40.8. The van der Waals surface area contributed by atoms with E-state index in [2.05, 4.69) is 0 Å². The zero-order valence-electron chi connectivity index (χ0n) is 3.68. The zero-order valence-corrected chi connectivity index (χ0v) is 4.50. The van der Waals surface area contributed by atoms with Crippen LogP contribution in [0.5, 0.6) is 0 Å². The van der Waals surface area contributed by atoms with Crippen LogP contribution in [0, 0.1) is 0 Å². The van der Waals surface area contributed by atoms with E-state index in [1.807, 2.05) is 11.8 Å². The second kappa shape index (κ2) is 1.85. The minimum atomic E-state index is 0.509. The normalized spacial score (nSPS) is 34.5. The Morgan fingerprint density at radius 1 is 1.67 bits per heavy atom. The van der Waals surface area contributed by atoms with Gasteiger partial charge in [-0.25, -0.2) is 0 Å². The molecule has 1 atom stereocenters. The van der Waals surface area contributed by atoms with E-state index in [9.17, 15) is 0 Å². The van der Waals surface area contributed by atoms with Crippen molar-refractivity contribution in [1.82, 2.24) is 0 Å². The van der Waals surface area contributed by atoms with Gasteiger partial charge >= 0.3 is 0 Å². The lowest BCUT2D eigenvalue weighted by molar-refractivity contribution is 0.759. The third-order valence-electron chi connectivity index (χ3n) is 0.965. The lowest BCUT2D eigenvalue weighted by Gasteiger charge is -1.91. The van der Waals surface area contributed by atoms with Gasteiger partial charge in [0.25, 0.3) is 0 Å². The van der Waals surface area contributed by atoms with Crippen LogP contribution in [0.15, 0.2) is 0 Å². The number of hydrogen-bond acceptors (Lipinski definition) is 2. The van der Waals surface area contributed by atoms with Crippen LogP contribution < -0.4 is 5.73 Å². The van der Waals surface area contributed by atoms with Crippen LogP contribution in [0.1, 0.15) is 6.42 Å². The summed E-state index contributed by atoms with van der Waals surface area (Å²) in [6, 6.07) is 0.509. The molecule has 0 unspecified atom stereocenters. The van der Waals surface area contributed by atoms with E-state index in [4.69, 9.17) is 5.73 Å². The molecule has 1 rings (SSSR count). The Kier molecular flexibility index (Phi) is 1.37. The van der Waals surface area contributed by atoms with Gasteiger partial charge in [0.05, 0.1) is 0 Å². The van der Waals surface area contributed by atoms with Crippen molar-refractivity contribution in [3.63, 3.8) is 0 Å². The smallest absolute Gasteiger partial charge is 0.0138 e. The molecule has 1 aliphatic heterocycles. The second-order valence-corrected chi connectivity index (χ2v) is 2.77. The largest absolute Gasteiger partial charge is 0.327 e. The van der Waals surface area contributed by atoms with Crippen LogP contribution in [-0.2, 0) is 0 Å². The molecule has 1 nitrogen and oxygen atoms in total. The average Bonchev–Trinajstić information content (AvgIpc) is 1.86. The molecular weight excluding hydrogens is 94.1 g/mol. The van der Waals surface area contributed by atoms with Gasteiger partial charge in [0.1, 0.15) is 0 Å². The third kappa shape index (κ3) is 0.884. The van der Waals surface area contributed by atoms with E-state index < -0.39 is 0 Å². The Hall–Kier alpha value is 0.310. The highest BCUT2D eigenvalue weighted by Gasteiger charge is 2.08. The van der Waals surface area contributed by atoms with Gasteiger partial charge in [-0.3, -0.25) is 0 Å². The molecule has 1 heterocycles. The molecule has 0 amide bonds. The summed E-state index contributed by atoms with van der Waals surface area (Å²) >= 11 is 1.96. The number of rotatable bonds is 0. The highest BCUT2D eigenvalue weighted by atomic mass is 32.2. The predicted octanol–water partition coefficient (Wildman–Crippen LogP) is 0.451. The van der Waals surface area contributed by atoms with E-state index in [1.165, 1.54) is 17.9 Å². The van der Waals surface area contributed by atoms with E-state index in [1.54, 1.807) is 0 Å². The third-order valence-corrected chi connectivity index (χ3v) is 2.15. The molecule has 1 aliphatic rings. The van der Waals surface area contributed by atoms with Crippen molar-refractivity contribution >= 4 is 11.8 Å². The summed E-state index contributed by atoms with van der Waals surface area (Å²) in [4.78, 5) is 0. The molecule has 0 aliphatic carbocycles.